The van der Waals surface area contributed by atoms with Gasteiger partial charge in [0.15, 0.2) is 15.4 Å². The number of aromatic nitrogens is 1. The Morgan fingerprint density at radius 1 is 1.27 bits per heavy atom. The van der Waals surface area contributed by atoms with Crippen molar-refractivity contribution >= 4 is 38.6 Å². The summed E-state index contributed by atoms with van der Waals surface area (Å²) >= 11 is 1.23. The summed E-state index contributed by atoms with van der Waals surface area (Å²) in [6, 6.07) is 4.93. The molecule has 1 aromatic carbocycles. The maximum atomic E-state index is 12.2. The van der Waals surface area contributed by atoms with Gasteiger partial charge in [-0.2, -0.15) is 0 Å². The van der Waals surface area contributed by atoms with Crippen molar-refractivity contribution in [3.63, 3.8) is 0 Å². The molecule has 0 unspecified atom stereocenters. The molecule has 0 atom stereocenters. The average molecular weight is 397 g/mol. The molecule has 1 fully saturated rings. The zero-order valence-electron chi connectivity index (χ0n) is 14.9. The Hall–Kier alpha value is -1.54. The molecule has 142 valence electrons. The highest BCUT2D eigenvalue weighted by atomic mass is 32.2. The minimum Gasteiger partial charge on any atom is -0.431 e. The van der Waals surface area contributed by atoms with Gasteiger partial charge in [-0.15, -0.1) is 0 Å². The molecule has 0 radical (unpaired) electrons. The van der Waals surface area contributed by atoms with Gasteiger partial charge in [0.1, 0.15) is 5.52 Å². The minimum atomic E-state index is -3.28. The van der Waals surface area contributed by atoms with Gasteiger partial charge in [0, 0.05) is 6.04 Å². The quantitative estimate of drug-likeness (QED) is 0.593. The molecule has 0 bridgehead atoms. The van der Waals surface area contributed by atoms with Crippen LogP contribution in [0.15, 0.2) is 32.7 Å². The van der Waals surface area contributed by atoms with Gasteiger partial charge >= 0.3 is 0 Å². The Labute approximate surface area is 158 Å². The SMILES string of the molecule is CCS(=O)(=O)c1ccc2oc(SCC(=O)NC3CCCCCC3)nc2c1. The largest absolute Gasteiger partial charge is 0.431 e. The molecule has 1 saturated carbocycles. The number of oxazole rings is 1. The Morgan fingerprint density at radius 3 is 2.69 bits per heavy atom. The van der Waals surface area contributed by atoms with Crippen LogP contribution in [-0.2, 0) is 14.6 Å². The summed E-state index contributed by atoms with van der Waals surface area (Å²) in [5.41, 5.74) is 1.01. The molecule has 0 aliphatic heterocycles. The Bertz CT molecular complexity index is 868. The van der Waals surface area contributed by atoms with E-state index in [-0.39, 0.29) is 28.4 Å². The fourth-order valence-electron chi connectivity index (χ4n) is 3.13. The van der Waals surface area contributed by atoms with Gasteiger partial charge in [-0.3, -0.25) is 4.79 Å². The highest BCUT2D eigenvalue weighted by Gasteiger charge is 2.17. The van der Waals surface area contributed by atoms with Crippen LogP contribution in [-0.4, -0.2) is 36.9 Å². The van der Waals surface area contributed by atoms with Gasteiger partial charge in [0.25, 0.3) is 5.22 Å². The Kier molecular flexibility index (Phi) is 6.24. The van der Waals surface area contributed by atoms with Crippen LogP contribution in [0.4, 0.5) is 0 Å². The number of hydrogen-bond donors (Lipinski definition) is 1. The maximum absolute atomic E-state index is 12.2. The summed E-state index contributed by atoms with van der Waals surface area (Å²) in [5.74, 6) is 0.265. The first-order valence-corrected chi connectivity index (χ1v) is 11.7. The second-order valence-electron chi connectivity index (χ2n) is 6.56. The molecule has 1 N–H and O–H groups in total. The molecule has 6 nitrogen and oxygen atoms in total. The molecular formula is C18H24N2O4S2. The highest BCUT2D eigenvalue weighted by molar-refractivity contribution is 7.99. The van der Waals surface area contributed by atoms with Crippen molar-refractivity contribution in [2.75, 3.05) is 11.5 Å². The zero-order chi connectivity index (χ0) is 18.6. The molecule has 1 aliphatic carbocycles. The number of carbonyl (C=O) groups excluding carboxylic acids is 1. The predicted molar refractivity (Wildman–Crippen MR) is 102 cm³/mol. The van der Waals surface area contributed by atoms with Crippen molar-refractivity contribution in [1.82, 2.24) is 10.3 Å². The van der Waals surface area contributed by atoms with E-state index in [0.717, 1.165) is 12.8 Å². The fourth-order valence-corrected chi connectivity index (χ4v) is 4.68. The first kappa shape index (κ1) is 19.2. The van der Waals surface area contributed by atoms with E-state index >= 15 is 0 Å². The van der Waals surface area contributed by atoms with E-state index in [2.05, 4.69) is 10.3 Å². The molecule has 0 saturated heterocycles. The van der Waals surface area contributed by atoms with Crippen LogP contribution in [0, 0.1) is 0 Å². The van der Waals surface area contributed by atoms with Crippen LogP contribution >= 0.6 is 11.8 Å². The second-order valence-corrected chi connectivity index (χ2v) is 9.76. The number of nitrogens with one attached hydrogen (secondary N) is 1. The number of carbonyl (C=O) groups is 1. The van der Waals surface area contributed by atoms with Crippen LogP contribution in [0.2, 0.25) is 0 Å². The lowest BCUT2D eigenvalue weighted by Crippen LogP contribution is -2.35. The smallest absolute Gasteiger partial charge is 0.257 e. The van der Waals surface area contributed by atoms with E-state index in [1.807, 2.05) is 0 Å². The fraction of sp³-hybridized carbons (Fsp3) is 0.556. The van der Waals surface area contributed by atoms with Gasteiger partial charge in [-0.1, -0.05) is 44.4 Å². The van der Waals surface area contributed by atoms with Crippen molar-refractivity contribution in [2.45, 2.75) is 61.6 Å². The summed E-state index contributed by atoms with van der Waals surface area (Å²) in [6.07, 6.45) is 6.94. The first-order valence-electron chi connectivity index (χ1n) is 9.03. The van der Waals surface area contributed by atoms with Crippen LogP contribution in [0.25, 0.3) is 11.1 Å². The molecule has 26 heavy (non-hydrogen) atoms. The van der Waals surface area contributed by atoms with Crippen molar-refractivity contribution < 1.29 is 17.6 Å². The molecule has 1 amide bonds. The zero-order valence-corrected chi connectivity index (χ0v) is 16.5. The number of fused-ring (bicyclic) bond motifs is 1. The van der Waals surface area contributed by atoms with Gasteiger partial charge in [0.2, 0.25) is 5.91 Å². The van der Waals surface area contributed by atoms with Gasteiger partial charge in [0.05, 0.1) is 16.4 Å². The first-order chi connectivity index (χ1) is 12.5. The van der Waals surface area contributed by atoms with Gasteiger partial charge < -0.3 is 9.73 Å². The summed E-state index contributed by atoms with van der Waals surface area (Å²) < 4.78 is 29.5. The number of thioether (sulfide) groups is 1. The topological polar surface area (TPSA) is 89.3 Å². The Morgan fingerprint density at radius 2 is 2.00 bits per heavy atom. The van der Waals surface area contributed by atoms with Crippen LogP contribution < -0.4 is 5.32 Å². The highest BCUT2D eigenvalue weighted by Crippen LogP contribution is 2.26. The third kappa shape index (κ3) is 4.79. The van der Waals surface area contributed by atoms with Crippen molar-refractivity contribution in [1.29, 1.82) is 0 Å². The summed E-state index contributed by atoms with van der Waals surface area (Å²) in [4.78, 5) is 16.7. The van der Waals surface area contributed by atoms with E-state index in [4.69, 9.17) is 4.42 Å². The number of hydrogen-bond acceptors (Lipinski definition) is 6. The van der Waals surface area contributed by atoms with Crippen LogP contribution in [0.5, 0.6) is 0 Å². The lowest BCUT2D eigenvalue weighted by Gasteiger charge is -2.15. The van der Waals surface area contributed by atoms with Crippen LogP contribution in [0.3, 0.4) is 0 Å². The number of sulfone groups is 1. The van der Waals surface area contributed by atoms with Gasteiger partial charge in [-0.25, -0.2) is 13.4 Å². The lowest BCUT2D eigenvalue weighted by atomic mass is 10.1. The number of amides is 1. The molecule has 3 rings (SSSR count). The second kappa shape index (κ2) is 8.43. The van der Waals surface area contributed by atoms with Gasteiger partial charge in [-0.05, 0) is 31.0 Å². The standard InChI is InChI=1S/C18H24N2O4S2/c1-2-26(22,23)14-9-10-16-15(11-14)20-18(24-16)25-12-17(21)19-13-7-5-3-4-6-8-13/h9-11,13H,2-8,12H2,1H3,(H,19,21). The van der Waals surface area contributed by atoms with Crippen molar-refractivity contribution in [2.24, 2.45) is 0 Å². The van der Waals surface area contributed by atoms with Crippen molar-refractivity contribution in [3.8, 4) is 0 Å². The van der Waals surface area contributed by atoms with Crippen LogP contribution in [0.1, 0.15) is 45.4 Å². The lowest BCUT2D eigenvalue weighted by molar-refractivity contribution is -0.119. The minimum absolute atomic E-state index is 0.0154. The average Bonchev–Trinajstić information content (AvgIpc) is 2.87. The molecule has 2 aromatic rings. The summed E-state index contributed by atoms with van der Waals surface area (Å²) in [7, 11) is -3.28. The molecule has 1 aromatic heterocycles. The third-order valence-electron chi connectivity index (χ3n) is 4.63. The summed E-state index contributed by atoms with van der Waals surface area (Å²) in [5, 5.41) is 3.47. The molecule has 0 spiro atoms. The molecular weight excluding hydrogens is 372 g/mol. The van der Waals surface area contributed by atoms with E-state index in [1.165, 1.54) is 49.6 Å². The van der Waals surface area contributed by atoms with Crippen molar-refractivity contribution in [3.05, 3.63) is 18.2 Å². The third-order valence-corrected chi connectivity index (χ3v) is 7.19. The summed E-state index contributed by atoms with van der Waals surface area (Å²) in [6.45, 7) is 1.61. The van der Waals surface area contributed by atoms with E-state index in [1.54, 1.807) is 13.0 Å². The Balaban J connectivity index is 1.61. The maximum Gasteiger partial charge on any atom is 0.257 e. The van der Waals surface area contributed by atoms with E-state index in [0.29, 0.717) is 16.3 Å². The molecule has 1 aliphatic rings. The molecule has 1 heterocycles. The van der Waals surface area contributed by atoms with E-state index in [9.17, 15) is 13.2 Å². The predicted octanol–water partition coefficient (Wildman–Crippen LogP) is 3.55. The normalized spacial score (nSPS) is 16.5. The van der Waals surface area contributed by atoms with E-state index < -0.39 is 9.84 Å². The number of benzene rings is 1. The number of nitrogens with zero attached hydrogens (tertiary/aromatic N) is 1. The molecule has 8 heteroatoms. The monoisotopic (exact) mass is 396 g/mol. The number of rotatable bonds is 6.